The summed E-state index contributed by atoms with van der Waals surface area (Å²) in [5.41, 5.74) is 0.921. The lowest BCUT2D eigenvalue weighted by Gasteiger charge is -2.07. The maximum Gasteiger partial charge on any atom is 0.319 e. The molecule has 6 nitrogen and oxygen atoms in total. The second kappa shape index (κ2) is 5.77. The van der Waals surface area contributed by atoms with E-state index in [0.29, 0.717) is 18.2 Å². The lowest BCUT2D eigenvalue weighted by molar-refractivity contribution is -0.137. The van der Waals surface area contributed by atoms with Gasteiger partial charge in [-0.25, -0.2) is 0 Å². The minimum Gasteiger partial charge on any atom is -0.497 e. The molecule has 2 aromatic rings. The molecule has 0 aliphatic carbocycles. The number of nitrogens with zero attached hydrogens (tertiary/aromatic N) is 3. The fourth-order valence-electron chi connectivity index (χ4n) is 2.14. The van der Waals surface area contributed by atoms with Crippen molar-refractivity contribution >= 4 is 17.7 Å². The van der Waals surface area contributed by atoms with Crippen LogP contribution in [-0.2, 0) is 16.6 Å². The van der Waals surface area contributed by atoms with E-state index in [1.165, 1.54) is 11.8 Å². The quantitative estimate of drug-likeness (QED) is 0.804. The number of rotatable bonds is 4. The van der Waals surface area contributed by atoms with Gasteiger partial charge < -0.3 is 14.0 Å². The van der Waals surface area contributed by atoms with Crippen LogP contribution < -0.4 is 4.74 Å². The minimum absolute atomic E-state index is 0.175. The first-order chi connectivity index (χ1) is 10.2. The summed E-state index contributed by atoms with van der Waals surface area (Å²) in [5, 5.41) is 8.90. The standard InChI is InChI=1S/C14H15N3O3S/c1-17-12(9-4-3-5-10(8-9)19-2)15-16-14(17)21-11-6-7-20-13(11)18/h3-5,8,11H,6-7H2,1-2H3/t11-/m0/s1. The molecule has 110 valence electrons. The van der Waals surface area contributed by atoms with Crippen molar-refractivity contribution in [3.05, 3.63) is 24.3 Å². The van der Waals surface area contributed by atoms with Crippen LogP contribution in [0.3, 0.4) is 0 Å². The third-order valence-corrected chi connectivity index (χ3v) is 4.58. The maximum absolute atomic E-state index is 11.5. The van der Waals surface area contributed by atoms with Crippen molar-refractivity contribution in [3.63, 3.8) is 0 Å². The monoisotopic (exact) mass is 305 g/mol. The summed E-state index contributed by atoms with van der Waals surface area (Å²) in [7, 11) is 3.51. The number of thioether (sulfide) groups is 1. The minimum atomic E-state index is -0.189. The fourth-order valence-corrected chi connectivity index (χ4v) is 3.11. The summed E-state index contributed by atoms with van der Waals surface area (Å²) in [6.45, 7) is 0.483. The number of benzene rings is 1. The molecule has 0 unspecified atom stereocenters. The van der Waals surface area contributed by atoms with E-state index in [0.717, 1.165) is 17.1 Å². The Bertz CT molecular complexity index is 671. The molecule has 21 heavy (non-hydrogen) atoms. The Labute approximate surface area is 126 Å². The van der Waals surface area contributed by atoms with Crippen LogP contribution in [0.25, 0.3) is 11.4 Å². The van der Waals surface area contributed by atoms with Crippen LogP contribution in [0.2, 0.25) is 0 Å². The molecule has 7 heteroatoms. The predicted molar refractivity (Wildman–Crippen MR) is 78.2 cm³/mol. The van der Waals surface area contributed by atoms with Gasteiger partial charge in [0.1, 0.15) is 11.0 Å². The van der Waals surface area contributed by atoms with Gasteiger partial charge in [0.25, 0.3) is 0 Å². The van der Waals surface area contributed by atoms with Crippen LogP contribution in [0.1, 0.15) is 6.42 Å². The number of esters is 1. The van der Waals surface area contributed by atoms with Crippen LogP contribution >= 0.6 is 11.8 Å². The van der Waals surface area contributed by atoms with Gasteiger partial charge in [-0.3, -0.25) is 4.79 Å². The van der Waals surface area contributed by atoms with Crippen LogP contribution in [0, 0.1) is 0 Å². The molecular formula is C14H15N3O3S. The van der Waals surface area contributed by atoms with Crippen LogP contribution in [0.5, 0.6) is 5.75 Å². The first kappa shape index (κ1) is 13.9. The predicted octanol–water partition coefficient (Wildman–Crippen LogP) is 1.90. The zero-order valence-corrected chi connectivity index (χ0v) is 12.6. The first-order valence-corrected chi connectivity index (χ1v) is 7.44. The number of hydrogen-bond acceptors (Lipinski definition) is 6. The molecule has 0 spiro atoms. The highest BCUT2D eigenvalue weighted by atomic mass is 32.2. The Morgan fingerprint density at radius 2 is 2.29 bits per heavy atom. The van der Waals surface area contributed by atoms with Crippen molar-refractivity contribution in [2.24, 2.45) is 7.05 Å². The van der Waals surface area contributed by atoms with Crippen molar-refractivity contribution < 1.29 is 14.3 Å². The molecule has 3 rings (SSSR count). The second-order valence-corrected chi connectivity index (χ2v) is 5.83. The largest absolute Gasteiger partial charge is 0.497 e. The smallest absolute Gasteiger partial charge is 0.319 e. The van der Waals surface area contributed by atoms with Crippen molar-refractivity contribution in [1.82, 2.24) is 14.8 Å². The van der Waals surface area contributed by atoms with E-state index in [1.807, 2.05) is 35.9 Å². The number of ether oxygens (including phenoxy) is 2. The summed E-state index contributed by atoms with van der Waals surface area (Å²) in [5.74, 6) is 1.33. The molecule has 2 heterocycles. The van der Waals surface area contributed by atoms with Gasteiger partial charge in [-0.05, 0) is 12.1 Å². The van der Waals surface area contributed by atoms with Gasteiger partial charge in [-0.1, -0.05) is 23.9 Å². The molecule has 0 bridgehead atoms. The molecule has 0 amide bonds. The molecule has 1 fully saturated rings. The van der Waals surface area contributed by atoms with Gasteiger partial charge >= 0.3 is 5.97 Å². The fraction of sp³-hybridized carbons (Fsp3) is 0.357. The van der Waals surface area contributed by atoms with Crippen LogP contribution in [-0.4, -0.2) is 39.7 Å². The summed E-state index contributed by atoms with van der Waals surface area (Å²) in [6.07, 6.45) is 0.713. The van der Waals surface area contributed by atoms with Gasteiger partial charge in [0.2, 0.25) is 0 Å². The Balaban J connectivity index is 1.86. The number of carbonyl (C=O) groups is 1. The van der Waals surface area contributed by atoms with Crippen LogP contribution in [0.4, 0.5) is 0 Å². The van der Waals surface area contributed by atoms with Gasteiger partial charge in [-0.15, -0.1) is 10.2 Å². The zero-order chi connectivity index (χ0) is 14.8. The molecule has 1 aromatic heterocycles. The average Bonchev–Trinajstić information content (AvgIpc) is 3.07. The van der Waals surface area contributed by atoms with Crippen molar-refractivity contribution in [2.75, 3.05) is 13.7 Å². The summed E-state index contributed by atoms with van der Waals surface area (Å²) in [4.78, 5) is 11.5. The molecular weight excluding hydrogens is 290 g/mol. The second-order valence-electron chi connectivity index (χ2n) is 4.66. The summed E-state index contributed by atoms with van der Waals surface area (Å²) in [6, 6.07) is 7.64. The molecule has 1 atom stereocenters. The highest BCUT2D eigenvalue weighted by molar-refractivity contribution is 8.00. The third-order valence-electron chi connectivity index (χ3n) is 3.30. The lowest BCUT2D eigenvalue weighted by atomic mass is 10.2. The summed E-state index contributed by atoms with van der Waals surface area (Å²) < 4.78 is 12.1. The van der Waals surface area contributed by atoms with Gasteiger partial charge in [0.15, 0.2) is 11.0 Å². The van der Waals surface area contributed by atoms with E-state index in [9.17, 15) is 4.79 Å². The average molecular weight is 305 g/mol. The summed E-state index contributed by atoms with van der Waals surface area (Å²) >= 11 is 1.39. The third kappa shape index (κ3) is 2.73. The normalized spacial score (nSPS) is 17.8. The van der Waals surface area contributed by atoms with E-state index >= 15 is 0 Å². The molecule has 0 N–H and O–H groups in total. The van der Waals surface area contributed by atoms with Crippen molar-refractivity contribution in [3.8, 4) is 17.1 Å². The van der Waals surface area contributed by atoms with Crippen LogP contribution in [0.15, 0.2) is 29.4 Å². The maximum atomic E-state index is 11.5. The lowest BCUT2D eigenvalue weighted by Crippen LogP contribution is -2.10. The van der Waals surface area contributed by atoms with E-state index < -0.39 is 0 Å². The van der Waals surface area contributed by atoms with E-state index in [2.05, 4.69) is 10.2 Å². The zero-order valence-electron chi connectivity index (χ0n) is 11.8. The van der Waals surface area contributed by atoms with E-state index in [4.69, 9.17) is 9.47 Å². The Morgan fingerprint density at radius 3 is 3.00 bits per heavy atom. The number of carbonyl (C=O) groups excluding carboxylic acids is 1. The highest BCUT2D eigenvalue weighted by Crippen LogP contribution is 2.30. The Kier molecular flexibility index (Phi) is 3.83. The molecule has 1 aliphatic heterocycles. The van der Waals surface area contributed by atoms with E-state index in [-0.39, 0.29) is 11.2 Å². The number of hydrogen-bond donors (Lipinski definition) is 0. The molecule has 0 radical (unpaired) electrons. The highest BCUT2D eigenvalue weighted by Gasteiger charge is 2.29. The number of cyclic esters (lactones) is 1. The molecule has 1 aromatic carbocycles. The number of aromatic nitrogens is 3. The molecule has 0 saturated carbocycles. The topological polar surface area (TPSA) is 66.2 Å². The Hall–Kier alpha value is -2.02. The first-order valence-electron chi connectivity index (χ1n) is 6.56. The van der Waals surface area contributed by atoms with E-state index in [1.54, 1.807) is 7.11 Å². The molecule has 1 aliphatic rings. The number of methoxy groups -OCH3 is 1. The van der Waals surface area contributed by atoms with Crippen molar-refractivity contribution in [1.29, 1.82) is 0 Å². The SMILES string of the molecule is COc1cccc(-c2nnc(S[C@H]3CCOC3=O)n2C)c1. The van der Waals surface area contributed by atoms with Gasteiger partial charge in [-0.2, -0.15) is 0 Å². The van der Waals surface area contributed by atoms with Crippen molar-refractivity contribution in [2.45, 2.75) is 16.8 Å². The van der Waals surface area contributed by atoms with Gasteiger partial charge in [0, 0.05) is 19.0 Å². The van der Waals surface area contributed by atoms with Gasteiger partial charge in [0.05, 0.1) is 13.7 Å². The Morgan fingerprint density at radius 1 is 1.43 bits per heavy atom. The molecule has 1 saturated heterocycles.